The predicted octanol–water partition coefficient (Wildman–Crippen LogP) is 3.67. The van der Waals surface area contributed by atoms with Crippen molar-refractivity contribution in [1.82, 2.24) is 9.46 Å². The van der Waals surface area contributed by atoms with E-state index in [1.165, 1.54) is 42.5 Å². The van der Waals surface area contributed by atoms with Gasteiger partial charge in [-0.15, -0.1) is 0 Å². The first-order valence-electron chi connectivity index (χ1n) is 11.6. The molecule has 0 spiro atoms. The number of alkyl halides is 3. The Bertz CT molecular complexity index is 1480. The topological polar surface area (TPSA) is 114 Å². The number of nitrogens with zero attached hydrogens (tertiary/aromatic N) is 3. The van der Waals surface area contributed by atoms with Crippen LogP contribution >= 0.6 is 0 Å². The van der Waals surface area contributed by atoms with E-state index in [4.69, 9.17) is 9.47 Å². The van der Waals surface area contributed by atoms with Crippen LogP contribution in [0.1, 0.15) is 12.0 Å². The Morgan fingerprint density at radius 1 is 1.15 bits per heavy atom. The standard InChI is InChI=1S/C24H22F4N4O6S/c1-36-19-11-15(14-3-2-4-16(9-14)24(26,27)28)10-17(25)23(19)32-18-5-7-31(12-20(18)37-13-22(32)33)39(34,35)30-21-6-8-38-29-21/h2-4,6,8-11,18,20H,5,7,12-13H2,1H3,(H,29,30)/t18-,20-/m1/s1. The van der Waals surface area contributed by atoms with E-state index in [9.17, 15) is 26.4 Å². The Labute approximate surface area is 220 Å². The number of anilines is 2. The molecular formula is C24H22F4N4O6S. The van der Waals surface area contributed by atoms with E-state index in [2.05, 4.69) is 14.4 Å². The summed E-state index contributed by atoms with van der Waals surface area (Å²) in [6.07, 6.45) is -4.06. The Balaban J connectivity index is 1.44. The van der Waals surface area contributed by atoms with Gasteiger partial charge in [-0.1, -0.05) is 17.3 Å². The summed E-state index contributed by atoms with van der Waals surface area (Å²) in [4.78, 5) is 14.1. The molecule has 0 unspecified atom stereocenters. The zero-order chi connectivity index (χ0) is 27.9. The number of ether oxygens (including phenoxy) is 2. The van der Waals surface area contributed by atoms with E-state index in [-0.39, 0.29) is 47.9 Å². The first kappa shape index (κ1) is 26.9. The Hall–Kier alpha value is -3.69. The molecule has 0 aliphatic carbocycles. The molecule has 3 heterocycles. The highest BCUT2D eigenvalue weighted by Gasteiger charge is 2.45. The average Bonchev–Trinajstić information content (AvgIpc) is 3.40. The molecular weight excluding hydrogens is 548 g/mol. The number of nitrogens with one attached hydrogen (secondary N) is 1. The highest BCUT2D eigenvalue weighted by molar-refractivity contribution is 7.90. The van der Waals surface area contributed by atoms with E-state index >= 15 is 4.39 Å². The van der Waals surface area contributed by atoms with Gasteiger partial charge in [0.05, 0.1) is 24.8 Å². The van der Waals surface area contributed by atoms with Gasteiger partial charge in [-0.05, 0) is 41.8 Å². The first-order chi connectivity index (χ1) is 18.5. The smallest absolute Gasteiger partial charge is 0.416 e. The van der Waals surface area contributed by atoms with Crippen molar-refractivity contribution in [3.63, 3.8) is 0 Å². The minimum atomic E-state index is -4.58. The molecule has 2 aromatic carbocycles. The van der Waals surface area contributed by atoms with Crippen LogP contribution in [0, 0.1) is 5.82 Å². The maximum absolute atomic E-state index is 15.6. The van der Waals surface area contributed by atoms with Gasteiger partial charge in [0.15, 0.2) is 11.6 Å². The van der Waals surface area contributed by atoms with Crippen LogP contribution in [0.2, 0.25) is 0 Å². The number of amides is 1. The number of benzene rings is 2. The summed E-state index contributed by atoms with van der Waals surface area (Å²) in [6, 6.07) is 7.42. The van der Waals surface area contributed by atoms with E-state index in [0.29, 0.717) is 0 Å². The molecule has 0 radical (unpaired) electrons. The third-order valence-electron chi connectivity index (χ3n) is 6.53. The normalized spacial score (nSPS) is 20.5. The van der Waals surface area contributed by atoms with Crippen molar-refractivity contribution in [2.75, 3.05) is 36.4 Å². The van der Waals surface area contributed by atoms with Crippen molar-refractivity contribution in [3.8, 4) is 16.9 Å². The van der Waals surface area contributed by atoms with Gasteiger partial charge in [-0.2, -0.15) is 25.9 Å². The summed E-state index contributed by atoms with van der Waals surface area (Å²) >= 11 is 0. The van der Waals surface area contributed by atoms with E-state index < -0.39 is 52.4 Å². The second-order valence-corrected chi connectivity index (χ2v) is 10.6. The number of methoxy groups -OCH3 is 1. The Kier molecular flexibility index (Phi) is 6.99. The monoisotopic (exact) mass is 570 g/mol. The van der Waals surface area contributed by atoms with E-state index in [0.717, 1.165) is 22.5 Å². The SMILES string of the molecule is COc1cc(-c2cccc(C(F)(F)F)c2)cc(F)c1N1C(=O)CO[C@@H]2CN(S(=O)(=O)Nc3ccon3)CC[C@H]21. The number of carbonyl (C=O) groups excluding carboxylic acids is 1. The van der Waals surface area contributed by atoms with Gasteiger partial charge in [-0.3, -0.25) is 14.4 Å². The van der Waals surface area contributed by atoms with Crippen molar-refractivity contribution in [3.05, 3.63) is 60.1 Å². The molecule has 1 aromatic heterocycles. The third kappa shape index (κ3) is 5.29. The van der Waals surface area contributed by atoms with E-state index in [1.807, 2.05) is 0 Å². The number of hydrogen-bond donors (Lipinski definition) is 1. The summed E-state index contributed by atoms with van der Waals surface area (Å²) in [5.74, 6) is -1.54. The van der Waals surface area contributed by atoms with Crippen LogP contribution in [0.15, 0.2) is 53.3 Å². The lowest BCUT2D eigenvalue weighted by molar-refractivity contribution is -0.137. The number of hydrogen-bond acceptors (Lipinski definition) is 7. The molecule has 0 bridgehead atoms. The zero-order valence-electron chi connectivity index (χ0n) is 20.3. The zero-order valence-corrected chi connectivity index (χ0v) is 21.1. The molecule has 208 valence electrons. The fourth-order valence-corrected chi connectivity index (χ4v) is 5.93. The Morgan fingerprint density at radius 2 is 1.95 bits per heavy atom. The Morgan fingerprint density at radius 3 is 2.64 bits per heavy atom. The van der Waals surface area contributed by atoms with Crippen molar-refractivity contribution in [2.24, 2.45) is 0 Å². The quantitative estimate of drug-likeness (QED) is 0.450. The van der Waals surface area contributed by atoms with Gasteiger partial charge in [-0.25, -0.2) is 4.39 Å². The van der Waals surface area contributed by atoms with Crippen LogP contribution in [-0.2, 0) is 25.9 Å². The van der Waals surface area contributed by atoms with Crippen LogP contribution in [0.3, 0.4) is 0 Å². The highest BCUT2D eigenvalue weighted by Crippen LogP contribution is 2.41. The molecule has 0 saturated carbocycles. The van der Waals surface area contributed by atoms with Crippen molar-refractivity contribution in [2.45, 2.75) is 24.7 Å². The second-order valence-electron chi connectivity index (χ2n) is 8.91. The lowest BCUT2D eigenvalue weighted by Crippen LogP contribution is -2.62. The molecule has 1 N–H and O–H groups in total. The van der Waals surface area contributed by atoms with Crippen molar-refractivity contribution in [1.29, 1.82) is 0 Å². The van der Waals surface area contributed by atoms with Crippen LogP contribution < -0.4 is 14.4 Å². The minimum Gasteiger partial charge on any atom is -0.494 e. The molecule has 2 fully saturated rings. The summed E-state index contributed by atoms with van der Waals surface area (Å²) in [5.41, 5.74) is -0.864. The molecule has 10 nitrogen and oxygen atoms in total. The number of aromatic nitrogens is 1. The fraction of sp³-hybridized carbons (Fsp3) is 0.333. The highest BCUT2D eigenvalue weighted by atomic mass is 32.2. The number of rotatable bonds is 6. The lowest BCUT2D eigenvalue weighted by Gasteiger charge is -2.46. The van der Waals surface area contributed by atoms with Crippen LogP contribution in [-0.4, -0.2) is 62.7 Å². The summed E-state index contributed by atoms with van der Waals surface area (Å²) in [6.45, 7) is -0.592. The second kappa shape index (κ2) is 10.1. The van der Waals surface area contributed by atoms with Crippen LogP contribution in [0.5, 0.6) is 5.75 Å². The maximum atomic E-state index is 15.6. The fourth-order valence-electron chi connectivity index (χ4n) is 4.74. The van der Waals surface area contributed by atoms with E-state index in [1.54, 1.807) is 0 Å². The van der Waals surface area contributed by atoms with Crippen molar-refractivity contribution >= 4 is 27.6 Å². The first-order valence-corrected chi connectivity index (χ1v) is 13.1. The summed E-state index contributed by atoms with van der Waals surface area (Å²) < 4.78 is 99.9. The minimum absolute atomic E-state index is 0.00819. The van der Waals surface area contributed by atoms with Crippen molar-refractivity contribution < 1.29 is 44.8 Å². The largest absolute Gasteiger partial charge is 0.494 e. The number of halogens is 4. The molecule has 2 saturated heterocycles. The molecule has 2 atom stereocenters. The van der Waals surface area contributed by atoms with Crippen LogP contribution in [0.4, 0.5) is 29.1 Å². The average molecular weight is 571 g/mol. The molecule has 2 aliphatic rings. The summed E-state index contributed by atoms with van der Waals surface area (Å²) in [7, 11) is -2.77. The van der Waals surface area contributed by atoms with Gasteiger partial charge < -0.3 is 14.0 Å². The molecule has 2 aliphatic heterocycles. The molecule has 1 amide bonds. The molecule has 15 heteroatoms. The number of carbonyl (C=O) groups is 1. The van der Waals surface area contributed by atoms with Gasteiger partial charge in [0.1, 0.15) is 24.3 Å². The third-order valence-corrected chi connectivity index (χ3v) is 8.01. The van der Waals surface area contributed by atoms with Gasteiger partial charge >= 0.3 is 16.4 Å². The predicted molar refractivity (Wildman–Crippen MR) is 130 cm³/mol. The lowest BCUT2D eigenvalue weighted by atomic mass is 9.97. The van der Waals surface area contributed by atoms with Gasteiger partial charge in [0.2, 0.25) is 0 Å². The number of morpholine rings is 1. The molecule has 5 rings (SSSR count). The van der Waals surface area contributed by atoms with Crippen LogP contribution in [0.25, 0.3) is 11.1 Å². The molecule has 3 aromatic rings. The molecule has 39 heavy (non-hydrogen) atoms. The number of fused-ring (bicyclic) bond motifs is 1. The van der Waals surface area contributed by atoms with Gasteiger partial charge in [0, 0.05) is 19.2 Å². The summed E-state index contributed by atoms with van der Waals surface area (Å²) in [5, 5.41) is 3.53. The maximum Gasteiger partial charge on any atom is 0.416 e. The number of piperidine rings is 1. The van der Waals surface area contributed by atoms with Gasteiger partial charge in [0.25, 0.3) is 5.91 Å².